The highest BCUT2D eigenvalue weighted by Gasteiger charge is 2.25. The number of carbonyl (C=O) groups is 2. The molecule has 0 atom stereocenters. The topological polar surface area (TPSA) is 53.1 Å². The summed E-state index contributed by atoms with van der Waals surface area (Å²) in [6, 6.07) is 7.22. The van der Waals surface area contributed by atoms with Crippen LogP contribution < -0.4 is 4.74 Å². The number of ether oxygens (including phenoxy) is 1. The van der Waals surface area contributed by atoms with Crippen LogP contribution in [0.1, 0.15) is 36.0 Å². The lowest BCUT2D eigenvalue weighted by Crippen LogP contribution is -2.51. The van der Waals surface area contributed by atoms with E-state index >= 15 is 0 Å². The summed E-state index contributed by atoms with van der Waals surface area (Å²) in [6.07, 6.45) is 4.71. The molecule has 0 radical (unpaired) electrons. The third-order valence-corrected chi connectivity index (χ3v) is 5.31. The van der Waals surface area contributed by atoms with Crippen molar-refractivity contribution in [1.82, 2.24) is 14.7 Å². The van der Waals surface area contributed by atoms with Gasteiger partial charge in [0.2, 0.25) is 5.91 Å². The number of methoxy groups -OCH3 is 1. The zero-order valence-corrected chi connectivity index (χ0v) is 15.7. The predicted octanol–water partition coefficient (Wildman–Crippen LogP) is 1.86. The standard InChI is InChI=1S/C20H29N3O3/c1-26-18-8-6-17(7-9-18)20(25)23-14-12-21(13-15-23)16-19(24)22-10-4-2-3-5-11-22/h6-9H,2-5,10-16H2,1H3. The summed E-state index contributed by atoms with van der Waals surface area (Å²) in [6.45, 7) is 5.10. The van der Waals surface area contributed by atoms with E-state index in [9.17, 15) is 9.59 Å². The summed E-state index contributed by atoms with van der Waals surface area (Å²) in [7, 11) is 1.61. The average Bonchev–Trinajstić information content (AvgIpc) is 2.98. The second kappa shape index (κ2) is 9.03. The maximum absolute atomic E-state index is 12.6. The van der Waals surface area contributed by atoms with E-state index in [0.717, 1.165) is 44.8 Å². The van der Waals surface area contributed by atoms with Crippen LogP contribution in [0.25, 0.3) is 0 Å². The third-order valence-electron chi connectivity index (χ3n) is 5.31. The van der Waals surface area contributed by atoms with Crippen LogP contribution in [-0.2, 0) is 4.79 Å². The van der Waals surface area contributed by atoms with Crippen LogP contribution in [0, 0.1) is 0 Å². The molecule has 0 spiro atoms. The number of benzene rings is 1. The highest BCUT2D eigenvalue weighted by molar-refractivity contribution is 5.94. The molecule has 1 aromatic carbocycles. The molecule has 1 aromatic rings. The number of amides is 2. The molecule has 3 rings (SSSR count). The van der Waals surface area contributed by atoms with Crippen molar-refractivity contribution in [2.75, 3.05) is 52.9 Å². The molecule has 0 saturated carbocycles. The van der Waals surface area contributed by atoms with Crippen molar-refractivity contribution in [3.05, 3.63) is 29.8 Å². The number of hydrogen-bond acceptors (Lipinski definition) is 4. The second-order valence-electron chi connectivity index (χ2n) is 7.09. The van der Waals surface area contributed by atoms with Crippen LogP contribution in [0.15, 0.2) is 24.3 Å². The smallest absolute Gasteiger partial charge is 0.253 e. The average molecular weight is 359 g/mol. The fourth-order valence-corrected chi connectivity index (χ4v) is 3.64. The van der Waals surface area contributed by atoms with Crippen molar-refractivity contribution in [2.24, 2.45) is 0 Å². The molecular formula is C20H29N3O3. The summed E-state index contributed by atoms with van der Waals surface area (Å²) >= 11 is 0. The quantitative estimate of drug-likeness (QED) is 0.823. The zero-order chi connectivity index (χ0) is 18.4. The molecule has 0 unspecified atom stereocenters. The van der Waals surface area contributed by atoms with Gasteiger partial charge in [-0.25, -0.2) is 0 Å². The molecule has 2 fully saturated rings. The SMILES string of the molecule is COc1ccc(C(=O)N2CCN(CC(=O)N3CCCCCC3)CC2)cc1. The van der Waals surface area contributed by atoms with Gasteiger partial charge < -0.3 is 14.5 Å². The minimum atomic E-state index is 0.0474. The van der Waals surface area contributed by atoms with Crippen LogP contribution in [0.2, 0.25) is 0 Å². The normalized spacial score (nSPS) is 19.1. The third kappa shape index (κ3) is 4.75. The van der Waals surface area contributed by atoms with E-state index < -0.39 is 0 Å². The molecule has 0 bridgehead atoms. The largest absolute Gasteiger partial charge is 0.497 e. The molecular weight excluding hydrogens is 330 g/mol. The van der Waals surface area contributed by atoms with Gasteiger partial charge >= 0.3 is 0 Å². The van der Waals surface area contributed by atoms with Gasteiger partial charge in [0, 0.05) is 44.8 Å². The fraction of sp³-hybridized carbons (Fsp3) is 0.600. The predicted molar refractivity (Wildman–Crippen MR) is 100 cm³/mol. The second-order valence-corrected chi connectivity index (χ2v) is 7.09. The number of piperazine rings is 1. The highest BCUT2D eigenvalue weighted by Crippen LogP contribution is 2.15. The van der Waals surface area contributed by atoms with E-state index in [0.29, 0.717) is 25.2 Å². The van der Waals surface area contributed by atoms with E-state index in [1.165, 1.54) is 12.8 Å². The highest BCUT2D eigenvalue weighted by atomic mass is 16.5. The zero-order valence-electron chi connectivity index (χ0n) is 15.7. The Hall–Kier alpha value is -2.08. The van der Waals surface area contributed by atoms with Crippen LogP contribution in [0.3, 0.4) is 0 Å². The fourth-order valence-electron chi connectivity index (χ4n) is 3.64. The number of carbonyl (C=O) groups excluding carboxylic acids is 2. The van der Waals surface area contributed by atoms with Gasteiger partial charge in [0.05, 0.1) is 13.7 Å². The molecule has 6 heteroatoms. The van der Waals surface area contributed by atoms with Crippen LogP contribution in [0.4, 0.5) is 0 Å². The van der Waals surface area contributed by atoms with Crippen LogP contribution in [0.5, 0.6) is 5.75 Å². The summed E-state index contributed by atoms with van der Waals surface area (Å²) < 4.78 is 5.14. The van der Waals surface area contributed by atoms with Crippen molar-refractivity contribution in [3.63, 3.8) is 0 Å². The summed E-state index contributed by atoms with van der Waals surface area (Å²) in [4.78, 5) is 31.2. The molecule has 0 aliphatic carbocycles. The number of likely N-dealkylation sites (tertiary alicyclic amines) is 1. The molecule has 2 saturated heterocycles. The summed E-state index contributed by atoms with van der Waals surface area (Å²) in [5.74, 6) is 1.03. The summed E-state index contributed by atoms with van der Waals surface area (Å²) in [5.41, 5.74) is 0.680. The van der Waals surface area contributed by atoms with E-state index in [1.54, 1.807) is 19.2 Å². The van der Waals surface area contributed by atoms with Crippen molar-refractivity contribution in [2.45, 2.75) is 25.7 Å². The van der Waals surface area contributed by atoms with Gasteiger partial charge in [0.1, 0.15) is 5.75 Å². The minimum absolute atomic E-state index is 0.0474. The Labute approximate surface area is 155 Å². The first-order valence-corrected chi connectivity index (χ1v) is 9.61. The van der Waals surface area contributed by atoms with Gasteiger partial charge in [-0.3, -0.25) is 14.5 Å². The van der Waals surface area contributed by atoms with Gasteiger partial charge in [0.25, 0.3) is 5.91 Å². The molecule has 0 N–H and O–H groups in total. The Kier molecular flexibility index (Phi) is 6.50. The van der Waals surface area contributed by atoms with E-state index in [4.69, 9.17) is 4.74 Å². The van der Waals surface area contributed by atoms with Gasteiger partial charge in [-0.1, -0.05) is 12.8 Å². The van der Waals surface area contributed by atoms with Crippen LogP contribution >= 0.6 is 0 Å². The Bertz CT molecular complexity index is 601. The molecule has 0 aromatic heterocycles. The Balaban J connectivity index is 1.47. The summed E-state index contributed by atoms with van der Waals surface area (Å²) in [5, 5.41) is 0. The number of rotatable bonds is 4. The maximum atomic E-state index is 12.6. The Morgan fingerprint density at radius 1 is 0.846 bits per heavy atom. The molecule has 2 aliphatic rings. The Morgan fingerprint density at radius 2 is 1.46 bits per heavy atom. The lowest BCUT2D eigenvalue weighted by molar-refractivity contribution is -0.132. The number of nitrogens with zero attached hydrogens (tertiary/aromatic N) is 3. The van der Waals surface area contributed by atoms with Gasteiger partial charge in [-0.2, -0.15) is 0 Å². The van der Waals surface area contributed by atoms with Crippen molar-refractivity contribution >= 4 is 11.8 Å². The van der Waals surface area contributed by atoms with Gasteiger partial charge in [-0.05, 0) is 37.1 Å². The lowest BCUT2D eigenvalue weighted by atomic mass is 10.1. The number of hydrogen-bond donors (Lipinski definition) is 0. The molecule has 142 valence electrons. The first-order valence-electron chi connectivity index (χ1n) is 9.61. The van der Waals surface area contributed by atoms with Crippen molar-refractivity contribution in [1.29, 1.82) is 0 Å². The lowest BCUT2D eigenvalue weighted by Gasteiger charge is -2.35. The molecule has 2 amide bonds. The van der Waals surface area contributed by atoms with Crippen molar-refractivity contribution in [3.8, 4) is 5.75 Å². The van der Waals surface area contributed by atoms with Gasteiger partial charge in [0.15, 0.2) is 0 Å². The monoisotopic (exact) mass is 359 g/mol. The first-order chi connectivity index (χ1) is 12.7. The molecule has 6 nitrogen and oxygen atoms in total. The van der Waals surface area contributed by atoms with E-state index in [-0.39, 0.29) is 11.8 Å². The maximum Gasteiger partial charge on any atom is 0.253 e. The van der Waals surface area contributed by atoms with Gasteiger partial charge in [-0.15, -0.1) is 0 Å². The van der Waals surface area contributed by atoms with E-state index in [1.807, 2.05) is 21.9 Å². The first kappa shape index (κ1) is 18.7. The molecule has 26 heavy (non-hydrogen) atoms. The molecule has 2 aliphatic heterocycles. The van der Waals surface area contributed by atoms with E-state index in [2.05, 4.69) is 4.90 Å². The minimum Gasteiger partial charge on any atom is -0.497 e. The van der Waals surface area contributed by atoms with Crippen molar-refractivity contribution < 1.29 is 14.3 Å². The Morgan fingerprint density at radius 3 is 2.04 bits per heavy atom. The van der Waals surface area contributed by atoms with Crippen LogP contribution in [-0.4, -0.2) is 79.4 Å². The molecule has 2 heterocycles.